The molecule has 0 aromatic heterocycles. The van der Waals surface area contributed by atoms with Crippen LogP contribution < -0.4 is 5.32 Å². The lowest BCUT2D eigenvalue weighted by Crippen LogP contribution is -2.49. The molecule has 0 aromatic rings. The van der Waals surface area contributed by atoms with E-state index in [9.17, 15) is 4.79 Å². The highest BCUT2D eigenvalue weighted by Gasteiger charge is 2.47. The zero-order chi connectivity index (χ0) is 14.8. The quantitative estimate of drug-likeness (QED) is 0.813. The molecule has 21 heavy (non-hydrogen) atoms. The van der Waals surface area contributed by atoms with Gasteiger partial charge >= 0.3 is 0 Å². The molecule has 1 heterocycles. The molecule has 0 aromatic carbocycles. The molecule has 0 spiro atoms. The second-order valence-electron chi connectivity index (χ2n) is 7.60. The van der Waals surface area contributed by atoms with Crippen LogP contribution in [-0.4, -0.2) is 49.7 Å². The molecule has 120 valence electrons. The van der Waals surface area contributed by atoms with Crippen molar-refractivity contribution in [3.8, 4) is 0 Å². The van der Waals surface area contributed by atoms with Crippen molar-refractivity contribution < 1.29 is 9.53 Å². The van der Waals surface area contributed by atoms with Crippen molar-refractivity contribution >= 4 is 5.91 Å². The van der Waals surface area contributed by atoms with Crippen molar-refractivity contribution in [2.24, 2.45) is 23.7 Å². The van der Waals surface area contributed by atoms with Crippen molar-refractivity contribution in [1.82, 2.24) is 10.2 Å². The minimum atomic E-state index is 0.304. The van der Waals surface area contributed by atoms with E-state index in [1.807, 2.05) is 0 Å². The first kappa shape index (κ1) is 15.3. The van der Waals surface area contributed by atoms with Crippen molar-refractivity contribution in [1.29, 1.82) is 0 Å². The molecule has 1 aliphatic heterocycles. The molecule has 3 atom stereocenters. The number of ether oxygens (including phenoxy) is 1. The third kappa shape index (κ3) is 3.98. The number of hydrogen-bond acceptors (Lipinski definition) is 3. The molecule has 3 fully saturated rings. The van der Waals surface area contributed by atoms with E-state index >= 15 is 0 Å². The van der Waals surface area contributed by atoms with Crippen LogP contribution in [0.1, 0.15) is 39.5 Å². The Balaban J connectivity index is 1.47. The van der Waals surface area contributed by atoms with E-state index in [4.69, 9.17) is 4.74 Å². The number of nitrogens with zero attached hydrogens (tertiary/aromatic N) is 1. The molecule has 2 aliphatic carbocycles. The molecule has 3 aliphatic rings. The van der Waals surface area contributed by atoms with Crippen LogP contribution in [0.5, 0.6) is 0 Å². The summed E-state index contributed by atoms with van der Waals surface area (Å²) in [6.45, 7) is 8.99. The second kappa shape index (κ2) is 6.66. The summed E-state index contributed by atoms with van der Waals surface area (Å²) in [6.07, 6.45) is 4.82. The maximum atomic E-state index is 12.3. The Morgan fingerprint density at radius 3 is 2.48 bits per heavy atom. The molecular formula is C17H30N2O2. The summed E-state index contributed by atoms with van der Waals surface area (Å²) in [5.74, 6) is 3.04. The monoisotopic (exact) mass is 294 g/mol. The molecule has 4 heteroatoms. The highest BCUT2D eigenvalue weighted by Crippen LogP contribution is 2.54. The Kier molecular flexibility index (Phi) is 4.85. The van der Waals surface area contributed by atoms with Gasteiger partial charge in [-0.25, -0.2) is 0 Å². The zero-order valence-corrected chi connectivity index (χ0v) is 13.5. The summed E-state index contributed by atoms with van der Waals surface area (Å²) in [7, 11) is 0. The predicted octanol–water partition coefficient (Wildman–Crippen LogP) is 1.90. The van der Waals surface area contributed by atoms with Crippen molar-refractivity contribution in [3.05, 3.63) is 0 Å². The number of carbonyl (C=O) groups excluding carboxylic acids is 1. The Hall–Kier alpha value is -0.610. The first-order valence-electron chi connectivity index (χ1n) is 8.73. The van der Waals surface area contributed by atoms with Gasteiger partial charge in [0, 0.05) is 31.6 Å². The van der Waals surface area contributed by atoms with Gasteiger partial charge in [0.2, 0.25) is 5.91 Å². The summed E-state index contributed by atoms with van der Waals surface area (Å²) in [5, 5.41) is 3.25. The summed E-state index contributed by atoms with van der Waals surface area (Å²) in [4.78, 5) is 14.8. The Bertz CT molecular complexity index is 356. The zero-order valence-electron chi connectivity index (χ0n) is 13.5. The number of hydrogen-bond donors (Lipinski definition) is 1. The molecule has 0 radical (unpaired) electrons. The Labute approximate surface area is 128 Å². The standard InChI is InChI=1S/C17H30N2O2/c1-12(2)7-16(19-3-5-21-6-4-19)11-18-17(20)15-9-13-8-14(13)10-15/h12-16H,3-11H2,1-2H3,(H,18,20). The van der Waals surface area contributed by atoms with Crippen molar-refractivity contribution in [3.63, 3.8) is 0 Å². The van der Waals surface area contributed by atoms with Crippen molar-refractivity contribution in [2.75, 3.05) is 32.8 Å². The normalized spacial score (nSPS) is 33.8. The van der Waals surface area contributed by atoms with Gasteiger partial charge in [-0.1, -0.05) is 13.8 Å². The topological polar surface area (TPSA) is 41.6 Å². The molecule has 4 nitrogen and oxygen atoms in total. The van der Waals surface area contributed by atoms with Gasteiger partial charge in [-0.15, -0.1) is 0 Å². The van der Waals surface area contributed by atoms with E-state index < -0.39 is 0 Å². The van der Waals surface area contributed by atoms with E-state index in [1.165, 1.54) is 6.42 Å². The lowest BCUT2D eigenvalue weighted by atomic mass is 10.00. The van der Waals surface area contributed by atoms with Crippen LogP contribution in [-0.2, 0) is 9.53 Å². The molecule has 1 amide bonds. The smallest absolute Gasteiger partial charge is 0.223 e. The number of rotatable bonds is 6. The minimum Gasteiger partial charge on any atom is -0.379 e. The number of carbonyl (C=O) groups is 1. The van der Waals surface area contributed by atoms with Crippen LogP contribution in [0.25, 0.3) is 0 Å². The third-order valence-electron chi connectivity index (χ3n) is 5.43. The first-order valence-corrected chi connectivity index (χ1v) is 8.73. The van der Waals surface area contributed by atoms with E-state index in [0.717, 1.165) is 63.9 Å². The minimum absolute atomic E-state index is 0.304. The van der Waals surface area contributed by atoms with Crippen molar-refractivity contribution in [2.45, 2.75) is 45.6 Å². The number of nitrogens with one attached hydrogen (secondary N) is 1. The third-order valence-corrected chi connectivity index (χ3v) is 5.43. The Morgan fingerprint density at radius 2 is 1.86 bits per heavy atom. The van der Waals surface area contributed by atoms with Crippen LogP contribution in [0.3, 0.4) is 0 Å². The average molecular weight is 294 g/mol. The number of amides is 1. The van der Waals surface area contributed by atoms with Crippen LogP contribution in [0.4, 0.5) is 0 Å². The highest BCUT2D eigenvalue weighted by molar-refractivity contribution is 5.79. The van der Waals surface area contributed by atoms with Crippen LogP contribution >= 0.6 is 0 Å². The summed E-state index contributed by atoms with van der Waals surface area (Å²) in [5.41, 5.74) is 0. The molecular weight excluding hydrogens is 264 g/mol. The maximum absolute atomic E-state index is 12.3. The Morgan fingerprint density at radius 1 is 1.19 bits per heavy atom. The first-order chi connectivity index (χ1) is 10.1. The van der Waals surface area contributed by atoms with Gasteiger partial charge in [0.25, 0.3) is 0 Å². The fourth-order valence-corrected chi connectivity index (χ4v) is 4.14. The summed E-state index contributed by atoms with van der Waals surface area (Å²) in [6, 6.07) is 0.466. The number of fused-ring (bicyclic) bond motifs is 1. The largest absolute Gasteiger partial charge is 0.379 e. The molecule has 1 N–H and O–H groups in total. The van der Waals surface area contributed by atoms with Gasteiger partial charge in [-0.2, -0.15) is 0 Å². The SMILES string of the molecule is CC(C)CC(CNC(=O)C1CC2CC2C1)N1CCOCC1. The predicted molar refractivity (Wildman–Crippen MR) is 83.0 cm³/mol. The van der Waals surface area contributed by atoms with E-state index in [-0.39, 0.29) is 0 Å². The van der Waals surface area contributed by atoms with Gasteiger partial charge in [0.1, 0.15) is 0 Å². The van der Waals surface area contributed by atoms with E-state index in [1.54, 1.807) is 0 Å². The lowest BCUT2D eigenvalue weighted by molar-refractivity contribution is -0.125. The fraction of sp³-hybridized carbons (Fsp3) is 0.941. The maximum Gasteiger partial charge on any atom is 0.223 e. The second-order valence-corrected chi connectivity index (χ2v) is 7.60. The van der Waals surface area contributed by atoms with Crippen LogP contribution in [0, 0.1) is 23.7 Å². The van der Waals surface area contributed by atoms with E-state index in [2.05, 4.69) is 24.1 Å². The van der Waals surface area contributed by atoms with Gasteiger partial charge in [-0.05, 0) is 43.4 Å². The number of morpholine rings is 1. The van der Waals surface area contributed by atoms with Crippen LogP contribution in [0.2, 0.25) is 0 Å². The molecule has 3 rings (SSSR count). The fourth-order valence-electron chi connectivity index (χ4n) is 4.14. The summed E-state index contributed by atoms with van der Waals surface area (Å²) >= 11 is 0. The summed E-state index contributed by atoms with van der Waals surface area (Å²) < 4.78 is 5.45. The van der Waals surface area contributed by atoms with Crippen LogP contribution in [0.15, 0.2) is 0 Å². The van der Waals surface area contributed by atoms with Gasteiger partial charge < -0.3 is 10.1 Å². The highest BCUT2D eigenvalue weighted by atomic mass is 16.5. The van der Waals surface area contributed by atoms with Gasteiger partial charge in [0.15, 0.2) is 0 Å². The molecule has 1 saturated heterocycles. The molecule has 3 unspecified atom stereocenters. The van der Waals surface area contributed by atoms with E-state index in [0.29, 0.717) is 23.8 Å². The van der Waals surface area contributed by atoms with Gasteiger partial charge in [0.05, 0.1) is 13.2 Å². The average Bonchev–Trinajstić information content (AvgIpc) is 3.09. The molecule has 0 bridgehead atoms. The lowest BCUT2D eigenvalue weighted by Gasteiger charge is -2.35. The van der Waals surface area contributed by atoms with Gasteiger partial charge in [-0.3, -0.25) is 9.69 Å². The molecule has 2 saturated carbocycles.